The van der Waals surface area contributed by atoms with E-state index in [4.69, 9.17) is 4.74 Å². The third kappa shape index (κ3) is 4.87. The first-order valence-corrected chi connectivity index (χ1v) is 7.61. The number of nitrogens with one attached hydrogen (secondary N) is 1. The lowest BCUT2D eigenvalue weighted by atomic mass is 9.94. The summed E-state index contributed by atoms with van der Waals surface area (Å²) in [5.41, 5.74) is 1.32. The molecule has 2 heteroatoms. The Morgan fingerprint density at radius 2 is 1.58 bits per heavy atom. The second kappa shape index (κ2) is 8.21. The van der Waals surface area contributed by atoms with Gasteiger partial charge in [-0.15, -0.1) is 0 Å². The van der Waals surface area contributed by atoms with E-state index in [9.17, 15) is 0 Å². The van der Waals surface area contributed by atoms with E-state index in [1.807, 2.05) is 6.92 Å². The first-order chi connectivity index (χ1) is 9.12. The van der Waals surface area contributed by atoms with Gasteiger partial charge in [-0.25, -0.2) is 0 Å². The van der Waals surface area contributed by atoms with Crippen molar-refractivity contribution in [3.8, 4) is 5.75 Å². The van der Waals surface area contributed by atoms with Crippen LogP contribution in [0.2, 0.25) is 0 Å². The molecule has 0 aliphatic carbocycles. The Bertz CT molecular complexity index is 343. The van der Waals surface area contributed by atoms with Crippen molar-refractivity contribution in [2.45, 2.75) is 59.5 Å². The molecule has 1 aromatic carbocycles. The third-order valence-electron chi connectivity index (χ3n) is 3.96. The molecule has 0 spiro atoms. The molecule has 0 amide bonds. The molecule has 1 N–H and O–H groups in total. The Hall–Kier alpha value is -1.02. The van der Waals surface area contributed by atoms with E-state index in [2.05, 4.69) is 57.3 Å². The predicted octanol–water partition coefficient (Wildman–Crippen LogP) is 4.56. The summed E-state index contributed by atoms with van der Waals surface area (Å²) in [7, 11) is 0. The number of ether oxygens (including phenoxy) is 1. The summed E-state index contributed by atoms with van der Waals surface area (Å²) in [6.07, 6.45) is 2.47. The molecule has 0 bridgehead atoms. The minimum Gasteiger partial charge on any atom is -0.494 e. The standard InChI is InChI=1S/C17H29NO/c1-6-15(7-2)13(4)18-14(5)16-9-11-17(12-10-16)19-8-3/h9-15,18H,6-8H2,1-5H3. The fourth-order valence-corrected chi connectivity index (χ4v) is 2.64. The van der Waals surface area contributed by atoms with Gasteiger partial charge in [-0.1, -0.05) is 38.8 Å². The van der Waals surface area contributed by atoms with Crippen LogP contribution in [-0.2, 0) is 0 Å². The van der Waals surface area contributed by atoms with Gasteiger partial charge < -0.3 is 10.1 Å². The molecule has 0 saturated carbocycles. The van der Waals surface area contributed by atoms with E-state index < -0.39 is 0 Å². The Morgan fingerprint density at radius 1 is 1.00 bits per heavy atom. The minimum absolute atomic E-state index is 0.381. The highest BCUT2D eigenvalue weighted by Crippen LogP contribution is 2.20. The molecule has 0 aliphatic heterocycles. The van der Waals surface area contributed by atoms with E-state index in [-0.39, 0.29) is 0 Å². The maximum Gasteiger partial charge on any atom is 0.119 e. The number of hydrogen-bond acceptors (Lipinski definition) is 2. The fraction of sp³-hybridized carbons (Fsp3) is 0.647. The van der Waals surface area contributed by atoms with Crippen molar-refractivity contribution in [2.24, 2.45) is 5.92 Å². The van der Waals surface area contributed by atoms with Crippen molar-refractivity contribution < 1.29 is 4.74 Å². The average Bonchev–Trinajstić information content (AvgIpc) is 2.41. The van der Waals surface area contributed by atoms with Gasteiger partial charge >= 0.3 is 0 Å². The van der Waals surface area contributed by atoms with Crippen LogP contribution in [0.1, 0.15) is 59.1 Å². The molecule has 0 aromatic heterocycles. The molecule has 2 nitrogen and oxygen atoms in total. The van der Waals surface area contributed by atoms with Crippen molar-refractivity contribution in [3.05, 3.63) is 29.8 Å². The van der Waals surface area contributed by atoms with Crippen LogP contribution < -0.4 is 10.1 Å². The average molecular weight is 263 g/mol. The molecular weight excluding hydrogens is 234 g/mol. The Labute approximate surface area is 118 Å². The highest BCUT2D eigenvalue weighted by Gasteiger charge is 2.16. The second-order valence-corrected chi connectivity index (χ2v) is 5.26. The summed E-state index contributed by atoms with van der Waals surface area (Å²) in [4.78, 5) is 0. The maximum atomic E-state index is 5.47. The number of rotatable bonds is 8. The van der Waals surface area contributed by atoms with Gasteiger partial charge in [0.25, 0.3) is 0 Å². The molecular formula is C17H29NO. The molecule has 19 heavy (non-hydrogen) atoms. The van der Waals surface area contributed by atoms with Gasteiger partial charge in [0, 0.05) is 12.1 Å². The lowest BCUT2D eigenvalue weighted by molar-refractivity contribution is 0.329. The molecule has 0 aliphatic rings. The van der Waals surface area contributed by atoms with Crippen LogP contribution in [-0.4, -0.2) is 12.6 Å². The van der Waals surface area contributed by atoms with Crippen molar-refractivity contribution >= 4 is 0 Å². The summed E-state index contributed by atoms with van der Waals surface area (Å²) in [5, 5.41) is 3.71. The molecule has 2 unspecified atom stereocenters. The second-order valence-electron chi connectivity index (χ2n) is 5.26. The van der Waals surface area contributed by atoms with E-state index in [0.717, 1.165) is 18.3 Å². The quantitative estimate of drug-likeness (QED) is 0.742. The first-order valence-electron chi connectivity index (χ1n) is 7.61. The van der Waals surface area contributed by atoms with Gasteiger partial charge in [-0.05, 0) is 44.4 Å². The monoisotopic (exact) mass is 263 g/mol. The Balaban J connectivity index is 2.59. The topological polar surface area (TPSA) is 21.3 Å². The largest absolute Gasteiger partial charge is 0.494 e. The molecule has 108 valence electrons. The fourth-order valence-electron chi connectivity index (χ4n) is 2.64. The molecule has 0 fully saturated rings. The zero-order valence-electron chi connectivity index (χ0n) is 13.1. The zero-order chi connectivity index (χ0) is 14.3. The lowest BCUT2D eigenvalue weighted by Crippen LogP contribution is -2.34. The third-order valence-corrected chi connectivity index (χ3v) is 3.96. The molecule has 0 heterocycles. The van der Waals surface area contributed by atoms with Crippen LogP contribution in [0.15, 0.2) is 24.3 Å². The van der Waals surface area contributed by atoms with Crippen molar-refractivity contribution in [1.82, 2.24) is 5.32 Å². The smallest absolute Gasteiger partial charge is 0.119 e. The van der Waals surface area contributed by atoms with Gasteiger partial charge in [0.15, 0.2) is 0 Å². The lowest BCUT2D eigenvalue weighted by Gasteiger charge is -2.26. The van der Waals surface area contributed by atoms with E-state index in [0.29, 0.717) is 12.1 Å². The number of benzene rings is 1. The van der Waals surface area contributed by atoms with Crippen LogP contribution in [0.3, 0.4) is 0 Å². The highest BCUT2D eigenvalue weighted by atomic mass is 16.5. The summed E-state index contributed by atoms with van der Waals surface area (Å²) in [6.45, 7) is 11.8. The van der Waals surface area contributed by atoms with Gasteiger partial charge in [0.1, 0.15) is 5.75 Å². The van der Waals surface area contributed by atoms with Crippen LogP contribution >= 0.6 is 0 Å². The van der Waals surface area contributed by atoms with E-state index in [1.54, 1.807) is 0 Å². The summed E-state index contributed by atoms with van der Waals surface area (Å²) < 4.78 is 5.47. The maximum absolute atomic E-state index is 5.47. The van der Waals surface area contributed by atoms with E-state index in [1.165, 1.54) is 18.4 Å². The molecule has 1 rings (SSSR count). The molecule has 0 radical (unpaired) electrons. The predicted molar refractivity (Wildman–Crippen MR) is 82.7 cm³/mol. The van der Waals surface area contributed by atoms with Gasteiger partial charge in [-0.3, -0.25) is 0 Å². The summed E-state index contributed by atoms with van der Waals surface area (Å²) >= 11 is 0. The molecule has 1 aromatic rings. The van der Waals surface area contributed by atoms with Gasteiger partial charge in [-0.2, -0.15) is 0 Å². The molecule has 2 atom stereocenters. The van der Waals surface area contributed by atoms with Crippen molar-refractivity contribution in [2.75, 3.05) is 6.61 Å². The number of hydrogen-bond donors (Lipinski definition) is 1. The Morgan fingerprint density at radius 3 is 2.05 bits per heavy atom. The van der Waals surface area contributed by atoms with Crippen LogP contribution in [0.5, 0.6) is 5.75 Å². The summed E-state index contributed by atoms with van der Waals surface area (Å²) in [5.74, 6) is 1.71. The van der Waals surface area contributed by atoms with Gasteiger partial charge in [0.2, 0.25) is 0 Å². The first kappa shape index (κ1) is 16.0. The van der Waals surface area contributed by atoms with Crippen LogP contribution in [0.25, 0.3) is 0 Å². The summed E-state index contributed by atoms with van der Waals surface area (Å²) in [6, 6.07) is 9.35. The Kier molecular flexibility index (Phi) is 6.93. The highest BCUT2D eigenvalue weighted by molar-refractivity contribution is 5.29. The van der Waals surface area contributed by atoms with Gasteiger partial charge in [0.05, 0.1) is 6.61 Å². The van der Waals surface area contributed by atoms with Crippen molar-refractivity contribution in [3.63, 3.8) is 0 Å². The van der Waals surface area contributed by atoms with E-state index >= 15 is 0 Å². The van der Waals surface area contributed by atoms with Crippen LogP contribution in [0.4, 0.5) is 0 Å². The SMILES string of the molecule is CCOc1ccc(C(C)NC(C)C(CC)CC)cc1. The normalized spacial score (nSPS) is 14.4. The zero-order valence-corrected chi connectivity index (χ0v) is 13.1. The van der Waals surface area contributed by atoms with Crippen LogP contribution in [0, 0.1) is 5.92 Å². The van der Waals surface area contributed by atoms with Crippen molar-refractivity contribution in [1.29, 1.82) is 0 Å². The minimum atomic E-state index is 0.381. The molecule has 0 saturated heterocycles.